The molecular weight excluding hydrogens is 207 g/mol. The van der Waals surface area contributed by atoms with Gasteiger partial charge in [0.1, 0.15) is 0 Å². The lowest BCUT2D eigenvalue weighted by molar-refractivity contribution is 0.557. The van der Waals surface area contributed by atoms with Crippen molar-refractivity contribution in [2.75, 3.05) is 0 Å². The summed E-state index contributed by atoms with van der Waals surface area (Å²) in [7, 11) is -4.04. The Morgan fingerprint density at radius 3 is 2.50 bits per heavy atom. The number of primary sulfonamides is 1. The number of hydrogen-bond acceptors (Lipinski definition) is 3. The first-order valence-corrected chi connectivity index (χ1v) is 4.68. The van der Waals surface area contributed by atoms with E-state index in [4.69, 9.17) is 11.6 Å². The topological polar surface area (TPSA) is 73.1 Å². The number of halogens is 2. The highest BCUT2D eigenvalue weighted by Gasteiger charge is 2.15. The van der Waals surface area contributed by atoms with E-state index in [-0.39, 0.29) is 5.02 Å². The molecule has 0 radical (unpaired) electrons. The van der Waals surface area contributed by atoms with Crippen LogP contribution in [-0.2, 0) is 10.0 Å². The van der Waals surface area contributed by atoms with Gasteiger partial charge in [-0.05, 0) is 12.1 Å². The Balaban J connectivity index is 3.43. The van der Waals surface area contributed by atoms with E-state index in [0.717, 1.165) is 12.1 Å². The molecule has 0 amide bonds. The lowest BCUT2D eigenvalue weighted by Crippen LogP contribution is -2.15. The first-order chi connectivity index (χ1) is 5.41. The Kier molecular flexibility index (Phi) is 2.31. The van der Waals surface area contributed by atoms with E-state index in [1.807, 2.05) is 0 Å². The minimum Gasteiger partial charge on any atom is -0.223 e. The smallest absolute Gasteiger partial charge is 0.223 e. The minimum atomic E-state index is -4.04. The number of hydrogen-bond donors (Lipinski definition) is 1. The first kappa shape index (κ1) is 9.37. The maximum Gasteiger partial charge on any atom is 0.257 e. The minimum absolute atomic E-state index is 0.195. The van der Waals surface area contributed by atoms with Gasteiger partial charge >= 0.3 is 0 Å². The predicted octanol–water partition coefficient (Wildman–Crippen LogP) is 0.522. The second-order valence-electron chi connectivity index (χ2n) is 1.97. The van der Waals surface area contributed by atoms with Crippen molar-refractivity contribution in [3.63, 3.8) is 0 Å². The van der Waals surface area contributed by atoms with E-state index in [2.05, 4.69) is 10.1 Å². The summed E-state index contributed by atoms with van der Waals surface area (Å²) >= 11 is 5.39. The zero-order chi connectivity index (χ0) is 9.35. The van der Waals surface area contributed by atoms with Crippen molar-refractivity contribution >= 4 is 21.6 Å². The van der Waals surface area contributed by atoms with Crippen molar-refractivity contribution in [2.45, 2.75) is 5.03 Å². The molecular formula is C5H4ClFN2O2S. The quantitative estimate of drug-likeness (QED) is 0.687. The molecule has 0 saturated heterocycles. The van der Waals surface area contributed by atoms with Crippen molar-refractivity contribution in [3.05, 3.63) is 23.1 Å². The molecule has 0 aromatic carbocycles. The first-order valence-electron chi connectivity index (χ1n) is 2.76. The number of pyridine rings is 1. The maximum atomic E-state index is 12.4. The van der Waals surface area contributed by atoms with E-state index in [0.29, 0.717) is 0 Å². The molecule has 2 N–H and O–H groups in total. The monoisotopic (exact) mass is 210 g/mol. The van der Waals surface area contributed by atoms with Crippen LogP contribution in [0, 0.1) is 5.95 Å². The van der Waals surface area contributed by atoms with Crippen molar-refractivity contribution in [1.29, 1.82) is 0 Å². The highest BCUT2D eigenvalue weighted by Crippen LogP contribution is 2.16. The third kappa shape index (κ3) is 1.90. The summed E-state index contributed by atoms with van der Waals surface area (Å²) in [6.07, 6.45) is 0. The molecule has 7 heteroatoms. The van der Waals surface area contributed by atoms with Crippen LogP contribution in [0.5, 0.6) is 0 Å². The number of aromatic nitrogens is 1. The van der Waals surface area contributed by atoms with Crippen LogP contribution in [0.3, 0.4) is 0 Å². The second-order valence-corrected chi connectivity index (χ2v) is 3.85. The molecule has 1 rings (SSSR count). The summed E-state index contributed by atoms with van der Waals surface area (Å²) in [6, 6.07) is 2.01. The molecule has 0 aliphatic rings. The van der Waals surface area contributed by atoms with Gasteiger partial charge in [0.2, 0.25) is 5.95 Å². The van der Waals surface area contributed by atoms with E-state index in [1.165, 1.54) is 0 Å². The summed E-state index contributed by atoms with van der Waals surface area (Å²) in [6.45, 7) is 0. The fraction of sp³-hybridized carbons (Fsp3) is 0. The maximum absolute atomic E-state index is 12.4. The largest absolute Gasteiger partial charge is 0.257 e. The molecule has 66 valence electrons. The number of sulfonamides is 1. The van der Waals surface area contributed by atoms with Gasteiger partial charge in [0.05, 0.1) is 5.02 Å². The van der Waals surface area contributed by atoms with Crippen LogP contribution in [0.4, 0.5) is 4.39 Å². The standard InChI is InChI=1S/C5H4ClFN2O2S/c6-3-1-2-4(7)9-5(3)12(8,10)11/h1-2H,(H2,8,10,11). The summed E-state index contributed by atoms with van der Waals surface area (Å²) in [5, 5.41) is 3.84. The molecule has 0 aliphatic heterocycles. The van der Waals surface area contributed by atoms with Crippen molar-refractivity contribution in [1.82, 2.24) is 4.98 Å². The Hall–Kier alpha value is -0.720. The molecule has 4 nitrogen and oxygen atoms in total. The van der Waals surface area contributed by atoms with Crippen LogP contribution in [-0.4, -0.2) is 13.4 Å². The summed E-state index contributed by atoms with van der Waals surface area (Å²) in [4.78, 5) is 3.03. The van der Waals surface area contributed by atoms with Gasteiger partial charge in [-0.3, -0.25) is 0 Å². The van der Waals surface area contributed by atoms with E-state index in [9.17, 15) is 12.8 Å². The Morgan fingerprint density at radius 2 is 2.08 bits per heavy atom. The van der Waals surface area contributed by atoms with Gasteiger partial charge in [-0.1, -0.05) is 11.6 Å². The number of nitrogens with two attached hydrogens (primary N) is 1. The zero-order valence-electron chi connectivity index (χ0n) is 5.66. The Labute approximate surface area is 73.2 Å². The molecule has 1 aromatic rings. The average Bonchev–Trinajstić information content (AvgIpc) is 1.92. The molecule has 0 bridgehead atoms. The van der Waals surface area contributed by atoms with Crippen LogP contribution >= 0.6 is 11.6 Å². The average molecular weight is 211 g/mol. The van der Waals surface area contributed by atoms with E-state index in [1.54, 1.807) is 0 Å². The van der Waals surface area contributed by atoms with Gasteiger partial charge in [0.15, 0.2) is 5.03 Å². The lowest BCUT2D eigenvalue weighted by Gasteiger charge is -1.98. The third-order valence-electron chi connectivity index (χ3n) is 1.05. The van der Waals surface area contributed by atoms with Crippen molar-refractivity contribution in [2.24, 2.45) is 5.14 Å². The van der Waals surface area contributed by atoms with Crippen LogP contribution in [0.2, 0.25) is 5.02 Å². The molecule has 1 aromatic heterocycles. The van der Waals surface area contributed by atoms with Crippen molar-refractivity contribution in [3.8, 4) is 0 Å². The van der Waals surface area contributed by atoms with Crippen LogP contribution in [0.25, 0.3) is 0 Å². The van der Waals surface area contributed by atoms with Gasteiger partial charge in [0.25, 0.3) is 10.0 Å². The third-order valence-corrected chi connectivity index (χ3v) is 2.32. The molecule has 0 unspecified atom stereocenters. The normalized spacial score (nSPS) is 11.6. The molecule has 0 spiro atoms. The molecule has 12 heavy (non-hydrogen) atoms. The predicted molar refractivity (Wildman–Crippen MR) is 40.6 cm³/mol. The molecule has 0 fully saturated rings. The second kappa shape index (κ2) is 2.96. The molecule has 0 saturated carbocycles. The van der Waals surface area contributed by atoms with Crippen molar-refractivity contribution < 1.29 is 12.8 Å². The highest BCUT2D eigenvalue weighted by molar-refractivity contribution is 7.89. The molecule has 0 aliphatic carbocycles. The van der Waals surface area contributed by atoms with Gasteiger partial charge in [-0.2, -0.15) is 4.39 Å². The van der Waals surface area contributed by atoms with E-state index < -0.39 is 21.0 Å². The lowest BCUT2D eigenvalue weighted by atomic mass is 10.5. The van der Waals surface area contributed by atoms with E-state index >= 15 is 0 Å². The fourth-order valence-corrected chi connectivity index (χ4v) is 1.58. The number of nitrogens with zero attached hydrogens (tertiary/aromatic N) is 1. The SMILES string of the molecule is NS(=O)(=O)c1nc(F)ccc1Cl. The van der Waals surface area contributed by atoms with Crippen LogP contribution in [0.1, 0.15) is 0 Å². The summed E-state index contributed by atoms with van der Waals surface area (Å²) in [5.41, 5.74) is 0. The number of rotatable bonds is 1. The van der Waals surface area contributed by atoms with Crippen LogP contribution in [0.15, 0.2) is 17.2 Å². The van der Waals surface area contributed by atoms with Gasteiger partial charge in [-0.25, -0.2) is 18.5 Å². The van der Waals surface area contributed by atoms with Gasteiger partial charge in [-0.15, -0.1) is 0 Å². The Morgan fingerprint density at radius 1 is 1.50 bits per heavy atom. The van der Waals surface area contributed by atoms with Gasteiger partial charge < -0.3 is 0 Å². The highest BCUT2D eigenvalue weighted by atomic mass is 35.5. The Bertz CT molecular complexity index is 406. The summed E-state index contributed by atoms with van der Waals surface area (Å²) in [5.74, 6) is -0.941. The zero-order valence-corrected chi connectivity index (χ0v) is 7.23. The van der Waals surface area contributed by atoms with Gasteiger partial charge in [0, 0.05) is 0 Å². The molecule has 1 heterocycles. The van der Waals surface area contributed by atoms with Crippen LogP contribution < -0.4 is 5.14 Å². The summed E-state index contributed by atoms with van der Waals surface area (Å²) < 4.78 is 33.7. The fourth-order valence-electron chi connectivity index (χ4n) is 0.600. The molecule has 0 atom stereocenters.